The highest BCUT2D eigenvalue weighted by atomic mass is 32.5. The summed E-state index contributed by atoms with van der Waals surface area (Å²) in [6.45, 7) is -2.69. The standard InChI is InChI=1S/C56H85N10O20PS4/c1-82-87(75,88)86-35-7-3-2-5-29-57-49(68)12-8-13-53(72)63-56(39-83-36-26-50(69)58-30-6-4-11-48(67)42-14-20-45(21-15-42)64-89(76)77,40-84-37-27-51(70)59-31-9-33-61-54(73)43-16-22-46(23-17-43)65-90(78)79)41-85-38-28-52(71)60-32-10-34-62-55(74)44-18-24-47(25-19-44)66-91(80)81/h14-25,64-66H,2-13,26-41H2,1H3,(H,57,68)(H,58,69)(H,59,70)(H,60,71)(H,61,73)(H,62,74)(H,63,72)(H,75,88)(H,76,77)(H,78,79)(H,80,81). The fourth-order valence-electron chi connectivity index (χ4n) is 8.12. The van der Waals surface area contributed by atoms with E-state index in [1.165, 1.54) is 67.8 Å². The molecule has 0 radical (unpaired) electrons. The molecule has 3 aromatic rings. The molecule has 0 aliphatic rings. The first-order valence-electron chi connectivity index (χ1n) is 29.2. The monoisotopic (exact) mass is 1380 g/mol. The Bertz CT molecular complexity index is 2620. The van der Waals surface area contributed by atoms with Gasteiger partial charge in [0.05, 0.1) is 46.2 Å². The normalized spacial score (nSPS) is 13.4. The second kappa shape index (κ2) is 45.9. The Morgan fingerprint density at radius 3 is 1.19 bits per heavy atom. The summed E-state index contributed by atoms with van der Waals surface area (Å²) in [5, 5.41) is 19.6. The van der Waals surface area contributed by atoms with Crippen LogP contribution >= 0.6 is 6.72 Å². The van der Waals surface area contributed by atoms with Gasteiger partial charge < -0.3 is 65.4 Å². The van der Waals surface area contributed by atoms with Gasteiger partial charge in [-0.1, -0.05) is 12.8 Å². The van der Waals surface area contributed by atoms with E-state index >= 15 is 0 Å². The van der Waals surface area contributed by atoms with Crippen LogP contribution in [0, 0.1) is 0 Å². The van der Waals surface area contributed by atoms with Gasteiger partial charge in [0.15, 0.2) is 5.78 Å². The lowest BCUT2D eigenvalue weighted by molar-refractivity contribution is -0.131. The molecule has 4 unspecified atom stereocenters. The molecule has 14 N–H and O–H groups in total. The number of rotatable bonds is 51. The summed E-state index contributed by atoms with van der Waals surface area (Å²) in [7, 11) is 1.28. The summed E-state index contributed by atoms with van der Waals surface area (Å²) >= 11 is -1.97. The second-order valence-corrected chi connectivity index (χ2v) is 25.3. The number of ketones is 1. The third-order valence-electron chi connectivity index (χ3n) is 12.8. The van der Waals surface area contributed by atoms with Crippen LogP contribution in [-0.2, 0) is 92.8 Å². The minimum absolute atomic E-state index is 0.0263. The minimum atomic E-state index is -3.22. The van der Waals surface area contributed by atoms with E-state index < -0.39 is 52.0 Å². The lowest BCUT2D eigenvalue weighted by Gasteiger charge is -2.34. The summed E-state index contributed by atoms with van der Waals surface area (Å²) in [6, 6.07) is 17.9. The zero-order chi connectivity index (χ0) is 66.7. The van der Waals surface area contributed by atoms with Crippen molar-refractivity contribution in [3.05, 3.63) is 89.5 Å². The molecule has 0 aliphatic carbocycles. The van der Waals surface area contributed by atoms with E-state index in [0.29, 0.717) is 78.8 Å². The molecule has 35 heteroatoms. The number of Topliss-reactive ketones (excluding diaryl/α,β-unsaturated/α-hetero) is 1. The third-order valence-corrected chi connectivity index (χ3v) is 15.8. The van der Waals surface area contributed by atoms with Crippen molar-refractivity contribution in [1.82, 2.24) is 37.2 Å². The van der Waals surface area contributed by atoms with Crippen molar-refractivity contribution in [3.8, 4) is 0 Å². The highest BCUT2D eigenvalue weighted by Gasteiger charge is 2.34. The van der Waals surface area contributed by atoms with Crippen LogP contribution in [0.4, 0.5) is 17.1 Å². The van der Waals surface area contributed by atoms with Gasteiger partial charge in [-0.15, -0.1) is 0 Å². The number of unbranched alkanes of at least 4 members (excludes halogenated alkanes) is 4. The van der Waals surface area contributed by atoms with E-state index in [-0.39, 0.29) is 165 Å². The Hall–Kier alpha value is -6.24. The molecule has 4 atom stereocenters. The van der Waals surface area contributed by atoms with E-state index in [1.54, 1.807) is 12.1 Å². The molecule has 91 heavy (non-hydrogen) atoms. The molecule has 508 valence electrons. The Balaban J connectivity index is 1.61. The first-order valence-corrected chi connectivity index (χ1v) is 35.1. The van der Waals surface area contributed by atoms with Gasteiger partial charge in [0.1, 0.15) is 5.54 Å². The van der Waals surface area contributed by atoms with E-state index in [0.717, 1.165) is 12.8 Å². The Labute approximate surface area is 541 Å². The van der Waals surface area contributed by atoms with E-state index in [9.17, 15) is 55.9 Å². The molecule has 30 nitrogen and oxygen atoms in total. The van der Waals surface area contributed by atoms with Crippen molar-refractivity contribution >= 4 is 117 Å². The largest absolute Gasteiger partial charge is 0.378 e. The molecule has 0 aliphatic heterocycles. The third kappa shape index (κ3) is 37.8. The molecular formula is C56H85N10O20PS4. The number of amides is 7. The average Bonchev–Trinajstić information content (AvgIpc) is 1.85. The molecule has 0 fully saturated rings. The lowest BCUT2D eigenvalue weighted by Crippen LogP contribution is -2.58. The van der Waals surface area contributed by atoms with Crippen molar-refractivity contribution in [1.29, 1.82) is 0 Å². The van der Waals surface area contributed by atoms with Crippen molar-refractivity contribution < 1.29 is 92.8 Å². The number of carbonyl (C=O) groups is 8. The molecule has 0 saturated carbocycles. The highest BCUT2D eigenvalue weighted by Crippen LogP contribution is 2.42. The summed E-state index contributed by atoms with van der Waals surface area (Å²) in [5.41, 5.74) is 0.658. The van der Waals surface area contributed by atoms with Crippen LogP contribution in [0.5, 0.6) is 0 Å². The van der Waals surface area contributed by atoms with Crippen LogP contribution in [0.25, 0.3) is 0 Å². The first-order chi connectivity index (χ1) is 43.6. The molecule has 0 bridgehead atoms. The topological polar surface area (TPSA) is 435 Å². The fourth-order valence-corrected chi connectivity index (χ4v) is 9.82. The molecule has 7 amide bonds. The van der Waals surface area contributed by atoms with Crippen molar-refractivity contribution in [2.45, 2.75) is 102 Å². The highest BCUT2D eigenvalue weighted by molar-refractivity contribution is 8.07. The molecule has 0 saturated heterocycles. The van der Waals surface area contributed by atoms with Crippen molar-refractivity contribution in [2.24, 2.45) is 0 Å². The zero-order valence-corrected chi connectivity index (χ0v) is 54.8. The Kier molecular flexibility index (Phi) is 39.9. The average molecular weight is 1380 g/mol. The van der Waals surface area contributed by atoms with Gasteiger partial charge in [-0.25, -0.2) is 12.6 Å². The molecule has 3 rings (SSSR count). The number of benzene rings is 3. The summed E-state index contributed by atoms with van der Waals surface area (Å²) in [5.74, 6) is -2.80. The maximum atomic E-state index is 13.8. The van der Waals surface area contributed by atoms with Crippen LogP contribution in [0.2, 0.25) is 0 Å². The minimum Gasteiger partial charge on any atom is -0.378 e. The number of anilines is 3. The number of carbonyl (C=O) groups excluding carboxylic acids is 8. The van der Waals surface area contributed by atoms with Crippen molar-refractivity contribution in [2.75, 3.05) is 107 Å². The van der Waals surface area contributed by atoms with Crippen molar-refractivity contribution in [3.63, 3.8) is 0 Å². The van der Waals surface area contributed by atoms with Gasteiger partial charge in [-0.05, 0) is 130 Å². The van der Waals surface area contributed by atoms with Gasteiger partial charge in [0, 0.05) is 119 Å². The SMILES string of the molecule is COP(O)(=S)OCCCCCCNC(=O)CCCC(=O)NC(COCCC(=O)NCCCCC(=O)c1ccc(NS(=O)O)cc1)(COCCC(=O)NCCCNC(=O)c1ccc(NS(=O)O)cc1)COCCC(=O)NCCCNC(=O)c1ccc(NS(=O)O)cc1. The number of ether oxygens (including phenoxy) is 3. The van der Waals surface area contributed by atoms with Crippen LogP contribution in [-0.4, -0.2) is 176 Å². The number of hydrogen-bond donors (Lipinski definition) is 14. The quantitative estimate of drug-likeness (QED) is 0.0166. The maximum Gasteiger partial charge on any atom is 0.324 e. The summed E-state index contributed by atoms with van der Waals surface area (Å²) < 4.78 is 94.9. The second-order valence-electron chi connectivity index (χ2n) is 20.3. The Morgan fingerprint density at radius 1 is 0.429 bits per heavy atom. The molecule has 0 heterocycles. The summed E-state index contributed by atoms with van der Waals surface area (Å²) in [4.78, 5) is 113. The van der Waals surface area contributed by atoms with Crippen LogP contribution in [0.15, 0.2) is 72.8 Å². The van der Waals surface area contributed by atoms with Crippen LogP contribution in [0.3, 0.4) is 0 Å². The Morgan fingerprint density at radius 2 is 0.780 bits per heavy atom. The maximum absolute atomic E-state index is 13.8. The first kappa shape index (κ1) is 79.0. The number of hydrogen-bond acceptors (Lipinski definition) is 17. The number of nitrogens with one attached hydrogen (secondary N) is 10. The van der Waals surface area contributed by atoms with Crippen LogP contribution in [0.1, 0.15) is 127 Å². The predicted molar refractivity (Wildman–Crippen MR) is 346 cm³/mol. The zero-order valence-electron chi connectivity index (χ0n) is 50.6. The summed E-state index contributed by atoms with van der Waals surface area (Å²) in [6.07, 6.45) is 4.51. The predicted octanol–water partition coefficient (Wildman–Crippen LogP) is 3.48. The lowest BCUT2D eigenvalue weighted by atomic mass is 10.0. The molecular weight excluding hydrogens is 1290 g/mol. The van der Waals surface area contributed by atoms with E-state index in [4.69, 9.17) is 48.7 Å². The van der Waals surface area contributed by atoms with Gasteiger partial charge in [0.25, 0.3) is 45.6 Å². The molecule has 0 spiro atoms. The van der Waals surface area contributed by atoms with E-state index in [2.05, 4.69) is 51.4 Å². The van der Waals surface area contributed by atoms with E-state index in [1.807, 2.05) is 0 Å². The van der Waals surface area contributed by atoms with Gasteiger partial charge in [0.2, 0.25) is 29.5 Å². The van der Waals surface area contributed by atoms with Gasteiger partial charge in [-0.2, -0.15) is 0 Å². The fraction of sp³-hybridized carbons (Fsp3) is 0.536. The van der Waals surface area contributed by atoms with Gasteiger partial charge >= 0.3 is 6.72 Å². The smallest absolute Gasteiger partial charge is 0.324 e. The molecule has 0 aromatic heterocycles. The van der Waals surface area contributed by atoms with Crippen LogP contribution < -0.4 is 51.4 Å². The molecule has 3 aromatic carbocycles. The van der Waals surface area contributed by atoms with Gasteiger partial charge in [-0.3, -0.25) is 66.2 Å².